The third-order valence-corrected chi connectivity index (χ3v) is 7.60. The van der Waals surface area contributed by atoms with E-state index in [1.54, 1.807) is 9.80 Å². The summed E-state index contributed by atoms with van der Waals surface area (Å²) in [5.74, 6) is -1.09. The zero-order valence-electron chi connectivity index (χ0n) is 25.8. The summed E-state index contributed by atoms with van der Waals surface area (Å²) in [4.78, 5) is 66.3. The molecule has 2 aliphatic rings. The average Bonchev–Trinajstić information content (AvgIpc) is 2.98. The van der Waals surface area contributed by atoms with Crippen molar-refractivity contribution < 1.29 is 38.2 Å². The molecule has 0 bridgehead atoms. The molecule has 2 saturated heterocycles. The molecule has 12 heteroatoms. The predicted octanol–water partition coefficient (Wildman–Crippen LogP) is 3.58. The Morgan fingerprint density at radius 2 is 1.65 bits per heavy atom. The number of carbonyl (C=O) groups is 5. The third kappa shape index (κ3) is 11.8. The zero-order valence-corrected chi connectivity index (χ0v) is 25.8. The van der Waals surface area contributed by atoms with Crippen molar-refractivity contribution in [3.63, 3.8) is 0 Å². The van der Waals surface area contributed by atoms with Crippen molar-refractivity contribution in [3.8, 4) is 0 Å². The summed E-state index contributed by atoms with van der Waals surface area (Å²) in [6.07, 6.45) is 1.62. The second-order valence-corrected chi connectivity index (χ2v) is 12.2. The Morgan fingerprint density at radius 1 is 0.953 bits per heavy atom. The molecule has 0 unspecified atom stereocenters. The number of piperidine rings is 2. The van der Waals surface area contributed by atoms with Gasteiger partial charge in [-0.05, 0) is 64.4 Å². The van der Waals surface area contributed by atoms with Gasteiger partial charge >= 0.3 is 18.2 Å². The SMILES string of the molecule is COC(=O)C[C@@H](NC(=O)OCc1ccccc1)NC(=O)[C@@H]1CCCN(C(=O)CCC2CCN(C(=O)OC(C)(C)C)CC2)C1. The molecule has 3 rings (SSSR count). The molecule has 2 aliphatic heterocycles. The summed E-state index contributed by atoms with van der Waals surface area (Å²) in [6.45, 7) is 7.65. The second kappa shape index (κ2) is 16.1. The quantitative estimate of drug-likeness (QED) is 0.235. The molecule has 0 aliphatic carbocycles. The van der Waals surface area contributed by atoms with E-state index < -0.39 is 29.7 Å². The van der Waals surface area contributed by atoms with Gasteiger partial charge in [0, 0.05) is 32.6 Å². The van der Waals surface area contributed by atoms with E-state index >= 15 is 0 Å². The Balaban J connectivity index is 1.44. The zero-order chi connectivity index (χ0) is 31.4. The molecule has 1 aromatic rings. The number of amides is 4. The third-order valence-electron chi connectivity index (χ3n) is 7.60. The second-order valence-electron chi connectivity index (χ2n) is 12.2. The fourth-order valence-electron chi connectivity index (χ4n) is 5.22. The smallest absolute Gasteiger partial charge is 0.410 e. The maximum Gasteiger partial charge on any atom is 0.410 e. The summed E-state index contributed by atoms with van der Waals surface area (Å²) >= 11 is 0. The number of esters is 1. The van der Waals surface area contributed by atoms with Crippen LogP contribution in [0, 0.1) is 11.8 Å². The van der Waals surface area contributed by atoms with Crippen LogP contribution in [0.4, 0.5) is 9.59 Å². The summed E-state index contributed by atoms with van der Waals surface area (Å²) in [6, 6.07) is 9.13. The minimum Gasteiger partial charge on any atom is -0.469 e. The van der Waals surface area contributed by atoms with Crippen molar-refractivity contribution >= 4 is 30.0 Å². The number of methoxy groups -OCH3 is 1. The number of rotatable bonds is 10. The highest BCUT2D eigenvalue weighted by atomic mass is 16.6. The maximum absolute atomic E-state index is 13.1. The van der Waals surface area contributed by atoms with Crippen LogP contribution in [-0.4, -0.2) is 84.8 Å². The topological polar surface area (TPSA) is 144 Å². The van der Waals surface area contributed by atoms with Crippen LogP contribution in [-0.2, 0) is 35.2 Å². The number of hydrogen-bond donors (Lipinski definition) is 2. The first kappa shape index (κ1) is 33.7. The Hall–Kier alpha value is -3.83. The fraction of sp³-hybridized carbons (Fsp3) is 0.645. The van der Waals surface area contributed by atoms with Crippen molar-refractivity contribution in [2.45, 2.75) is 84.1 Å². The Labute approximate surface area is 253 Å². The Bertz CT molecular complexity index is 1100. The molecule has 12 nitrogen and oxygen atoms in total. The number of carbonyl (C=O) groups excluding carboxylic acids is 5. The van der Waals surface area contributed by atoms with Gasteiger partial charge in [-0.2, -0.15) is 0 Å². The number of nitrogens with one attached hydrogen (secondary N) is 2. The van der Waals surface area contributed by atoms with Gasteiger partial charge in [0.1, 0.15) is 18.4 Å². The highest BCUT2D eigenvalue weighted by molar-refractivity contribution is 5.83. The van der Waals surface area contributed by atoms with Crippen LogP contribution < -0.4 is 10.6 Å². The lowest BCUT2D eigenvalue weighted by Gasteiger charge is -2.35. The molecule has 2 fully saturated rings. The average molecular weight is 603 g/mol. The molecule has 0 saturated carbocycles. The summed E-state index contributed by atoms with van der Waals surface area (Å²) in [7, 11) is 1.23. The van der Waals surface area contributed by atoms with Crippen LogP contribution in [0.1, 0.15) is 71.3 Å². The van der Waals surface area contributed by atoms with Gasteiger partial charge in [-0.3, -0.25) is 14.4 Å². The van der Waals surface area contributed by atoms with Gasteiger partial charge in [0.2, 0.25) is 11.8 Å². The molecule has 4 amide bonds. The van der Waals surface area contributed by atoms with E-state index in [4.69, 9.17) is 14.2 Å². The van der Waals surface area contributed by atoms with E-state index in [1.165, 1.54) is 7.11 Å². The first-order chi connectivity index (χ1) is 20.4. The van der Waals surface area contributed by atoms with Crippen molar-refractivity contribution in [1.82, 2.24) is 20.4 Å². The largest absolute Gasteiger partial charge is 0.469 e. The minimum absolute atomic E-state index is 0.000738. The fourth-order valence-corrected chi connectivity index (χ4v) is 5.22. The van der Waals surface area contributed by atoms with E-state index in [-0.39, 0.29) is 37.5 Å². The first-order valence-electron chi connectivity index (χ1n) is 15.0. The number of hydrogen-bond acceptors (Lipinski definition) is 8. The van der Waals surface area contributed by atoms with Crippen molar-refractivity contribution in [3.05, 3.63) is 35.9 Å². The Morgan fingerprint density at radius 3 is 2.30 bits per heavy atom. The van der Waals surface area contributed by atoms with Crippen molar-refractivity contribution in [1.29, 1.82) is 0 Å². The van der Waals surface area contributed by atoms with Crippen LogP contribution in [0.15, 0.2) is 30.3 Å². The molecule has 2 heterocycles. The normalized spacial score (nSPS) is 18.3. The van der Waals surface area contributed by atoms with E-state index in [9.17, 15) is 24.0 Å². The first-order valence-corrected chi connectivity index (χ1v) is 15.0. The predicted molar refractivity (Wildman–Crippen MR) is 157 cm³/mol. The number of benzene rings is 1. The summed E-state index contributed by atoms with van der Waals surface area (Å²) in [5.41, 5.74) is 0.265. The van der Waals surface area contributed by atoms with E-state index in [0.717, 1.165) is 24.8 Å². The van der Waals surface area contributed by atoms with Crippen LogP contribution in [0.3, 0.4) is 0 Å². The van der Waals surface area contributed by atoms with E-state index in [2.05, 4.69) is 10.6 Å². The highest BCUT2D eigenvalue weighted by Gasteiger charge is 2.32. The molecule has 0 spiro atoms. The monoisotopic (exact) mass is 602 g/mol. The molecule has 2 N–H and O–H groups in total. The molecule has 238 valence electrons. The molecule has 43 heavy (non-hydrogen) atoms. The van der Waals surface area contributed by atoms with Crippen LogP contribution in [0.2, 0.25) is 0 Å². The Kier molecular flexibility index (Phi) is 12.6. The summed E-state index contributed by atoms with van der Waals surface area (Å²) < 4.78 is 15.4. The van der Waals surface area contributed by atoms with Crippen LogP contribution in [0.25, 0.3) is 0 Å². The lowest BCUT2D eigenvalue weighted by Crippen LogP contribution is -2.53. The van der Waals surface area contributed by atoms with Gasteiger partial charge in [0.15, 0.2) is 0 Å². The standard InChI is InChI=1S/C31H46N4O8/c1-31(2,3)43-30(40)34-17-14-22(15-18-34)12-13-26(36)35-16-8-11-24(20-35)28(38)32-25(19-27(37)41-4)33-29(39)42-21-23-9-6-5-7-10-23/h5-7,9-10,22,24-25H,8,11-21H2,1-4H3,(H,32,38)(H,33,39)/t24-,25-/m1/s1. The molecule has 0 radical (unpaired) electrons. The van der Waals surface area contributed by atoms with Crippen molar-refractivity contribution in [2.75, 3.05) is 33.3 Å². The van der Waals surface area contributed by atoms with Gasteiger partial charge in [0.05, 0.1) is 19.4 Å². The maximum atomic E-state index is 13.1. The minimum atomic E-state index is -1.03. The molecule has 0 aromatic heterocycles. The van der Waals surface area contributed by atoms with Crippen LogP contribution >= 0.6 is 0 Å². The molecular formula is C31H46N4O8. The number of ether oxygens (including phenoxy) is 3. The highest BCUT2D eigenvalue weighted by Crippen LogP contribution is 2.25. The lowest BCUT2D eigenvalue weighted by atomic mass is 9.91. The number of likely N-dealkylation sites (tertiary alicyclic amines) is 2. The van der Waals surface area contributed by atoms with Gasteiger partial charge in [-0.1, -0.05) is 30.3 Å². The lowest BCUT2D eigenvalue weighted by molar-refractivity contribution is -0.141. The van der Waals surface area contributed by atoms with E-state index in [1.807, 2.05) is 51.1 Å². The molecule has 1 aromatic carbocycles. The van der Waals surface area contributed by atoms with Gasteiger partial charge in [-0.15, -0.1) is 0 Å². The number of alkyl carbamates (subject to hydrolysis) is 1. The molecule has 2 atom stereocenters. The van der Waals surface area contributed by atoms with Crippen LogP contribution in [0.5, 0.6) is 0 Å². The van der Waals surface area contributed by atoms with Crippen molar-refractivity contribution in [2.24, 2.45) is 11.8 Å². The van der Waals surface area contributed by atoms with E-state index in [0.29, 0.717) is 44.8 Å². The molecular weight excluding hydrogens is 556 g/mol. The number of nitrogens with zero attached hydrogens (tertiary/aromatic N) is 2. The van der Waals surface area contributed by atoms with Gasteiger partial charge < -0.3 is 34.6 Å². The van der Waals surface area contributed by atoms with Gasteiger partial charge in [-0.25, -0.2) is 9.59 Å². The van der Waals surface area contributed by atoms with Gasteiger partial charge in [0.25, 0.3) is 0 Å². The summed E-state index contributed by atoms with van der Waals surface area (Å²) in [5, 5.41) is 5.25.